The molecule has 1 aromatic heterocycles. The van der Waals surface area contributed by atoms with Gasteiger partial charge >= 0.3 is 0 Å². The number of hydrogen-bond acceptors (Lipinski definition) is 1. The first kappa shape index (κ1) is 13.0. The van der Waals surface area contributed by atoms with Gasteiger partial charge in [0.15, 0.2) is 0 Å². The molecule has 0 radical (unpaired) electrons. The molecule has 2 aromatic rings. The minimum atomic E-state index is 0.0610. The van der Waals surface area contributed by atoms with Gasteiger partial charge in [0.2, 0.25) is 0 Å². The number of hydrogen-bond donors (Lipinski definition) is 1. The van der Waals surface area contributed by atoms with E-state index in [-0.39, 0.29) is 11.3 Å². The second-order valence-corrected chi connectivity index (χ2v) is 5.86. The molecule has 0 spiro atoms. The summed E-state index contributed by atoms with van der Waals surface area (Å²) in [7, 11) is 0. The van der Waals surface area contributed by atoms with Crippen molar-refractivity contribution in [1.29, 1.82) is 0 Å². The van der Waals surface area contributed by atoms with Gasteiger partial charge in [0, 0.05) is 30.9 Å². The number of aromatic amines is 1. The fourth-order valence-corrected chi connectivity index (χ4v) is 3.13. The smallest absolute Gasteiger partial charge is 0.255 e. The Hall–Kier alpha value is -2.03. The summed E-state index contributed by atoms with van der Waals surface area (Å²) >= 11 is 0. The number of nitrogens with one attached hydrogen (secondary N) is 1. The summed E-state index contributed by atoms with van der Waals surface area (Å²) < 4.78 is 0. The normalized spacial score (nSPS) is 22.8. The van der Waals surface area contributed by atoms with Gasteiger partial charge in [-0.3, -0.25) is 4.79 Å². The van der Waals surface area contributed by atoms with E-state index in [9.17, 15) is 4.79 Å². The van der Waals surface area contributed by atoms with Crippen LogP contribution in [-0.4, -0.2) is 28.9 Å². The molecule has 1 aromatic carbocycles. The number of aromatic nitrogens is 1. The molecule has 1 atom stereocenters. The predicted octanol–water partition coefficient (Wildman–Crippen LogP) is 3.21. The minimum Gasteiger partial charge on any atom is -0.367 e. The minimum absolute atomic E-state index is 0.0610. The molecule has 104 valence electrons. The van der Waals surface area contributed by atoms with E-state index in [4.69, 9.17) is 0 Å². The lowest BCUT2D eigenvalue weighted by Gasteiger charge is -2.41. The van der Waals surface area contributed by atoms with Crippen LogP contribution in [0.1, 0.15) is 35.7 Å². The molecule has 1 aliphatic heterocycles. The third kappa shape index (κ3) is 2.36. The highest BCUT2D eigenvalue weighted by atomic mass is 16.2. The molecule has 1 saturated heterocycles. The van der Waals surface area contributed by atoms with E-state index < -0.39 is 0 Å². The van der Waals surface area contributed by atoms with Crippen LogP contribution in [0.5, 0.6) is 0 Å². The van der Waals surface area contributed by atoms with Crippen molar-refractivity contribution < 1.29 is 4.79 Å². The van der Waals surface area contributed by atoms with Crippen molar-refractivity contribution in [3.63, 3.8) is 0 Å². The Morgan fingerprint density at radius 3 is 2.75 bits per heavy atom. The van der Waals surface area contributed by atoms with Crippen LogP contribution in [0.25, 0.3) is 0 Å². The van der Waals surface area contributed by atoms with E-state index in [1.54, 1.807) is 12.4 Å². The van der Waals surface area contributed by atoms with Gasteiger partial charge < -0.3 is 9.88 Å². The van der Waals surface area contributed by atoms with Crippen LogP contribution in [0.4, 0.5) is 0 Å². The monoisotopic (exact) mass is 268 g/mol. The summed E-state index contributed by atoms with van der Waals surface area (Å²) in [6.45, 7) is 3.91. The lowest BCUT2D eigenvalue weighted by Crippen LogP contribution is -2.47. The SMILES string of the molecule is C[C@@]1(c2ccccc2)CCCN(C(=O)c2cc[nH]c2)C1. The second kappa shape index (κ2) is 5.16. The molecule has 0 bridgehead atoms. The van der Waals surface area contributed by atoms with Gasteiger partial charge in [0.1, 0.15) is 0 Å². The van der Waals surface area contributed by atoms with Crippen LogP contribution < -0.4 is 0 Å². The first-order valence-corrected chi connectivity index (χ1v) is 7.17. The maximum Gasteiger partial charge on any atom is 0.255 e. The summed E-state index contributed by atoms with van der Waals surface area (Å²) in [4.78, 5) is 17.4. The zero-order chi connectivity index (χ0) is 14.0. The molecular weight excluding hydrogens is 248 g/mol. The summed E-state index contributed by atoms with van der Waals surface area (Å²) in [5.74, 6) is 0.133. The summed E-state index contributed by atoms with van der Waals surface area (Å²) in [5.41, 5.74) is 2.14. The van der Waals surface area contributed by atoms with Crippen molar-refractivity contribution in [1.82, 2.24) is 9.88 Å². The third-order valence-corrected chi connectivity index (χ3v) is 4.30. The van der Waals surface area contributed by atoms with Crippen molar-refractivity contribution in [3.8, 4) is 0 Å². The highest BCUT2D eigenvalue weighted by Crippen LogP contribution is 2.34. The number of benzene rings is 1. The highest BCUT2D eigenvalue weighted by Gasteiger charge is 2.34. The number of carbonyl (C=O) groups is 1. The van der Waals surface area contributed by atoms with Crippen LogP contribution in [0.3, 0.4) is 0 Å². The van der Waals surface area contributed by atoms with Crippen LogP contribution in [-0.2, 0) is 5.41 Å². The Morgan fingerprint density at radius 1 is 1.25 bits per heavy atom. The van der Waals surface area contributed by atoms with Gasteiger partial charge in [-0.25, -0.2) is 0 Å². The number of likely N-dealkylation sites (tertiary alicyclic amines) is 1. The van der Waals surface area contributed by atoms with Gasteiger partial charge in [0.25, 0.3) is 5.91 Å². The van der Waals surface area contributed by atoms with Crippen LogP contribution in [0.2, 0.25) is 0 Å². The second-order valence-electron chi connectivity index (χ2n) is 5.86. The zero-order valence-corrected chi connectivity index (χ0v) is 11.8. The van der Waals surface area contributed by atoms with Crippen LogP contribution in [0.15, 0.2) is 48.8 Å². The van der Waals surface area contributed by atoms with E-state index in [1.165, 1.54) is 5.56 Å². The Bertz CT molecular complexity index is 576. The summed E-state index contributed by atoms with van der Waals surface area (Å²) in [6.07, 6.45) is 5.76. The molecule has 0 saturated carbocycles. The summed E-state index contributed by atoms with van der Waals surface area (Å²) in [5, 5.41) is 0. The van der Waals surface area contributed by atoms with Crippen molar-refractivity contribution in [3.05, 3.63) is 59.9 Å². The molecule has 1 N–H and O–H groups in total. The number of rotatable bonds is 2. The molecule has 1 aliphatic rings. The Balaban J connectivity index is 1.82. The maximum atomic E-state index is 12.5. The molecule has 2 heterocycles. The van der Waals surface area contributed by atoms with Gasteiger partial charge in [-0.1, -0.05) is 37.3 Å². The standard InChI is InChI=1S/C17H20N2O/c1-17(15-6-3-2-4-7-15)9-5-11-19(13-17)16(20)14-8-10-18-12-14/h2-4,6-8,10,12,18H,5,9,11,13H2,1H3/t17-/m1/s1. The molecule has 1 amide bonds. The third-order valence-electron chi connectivity index (χ3n) is 4.30. The Labute approximate surface area is 119 Å². The molecule has 0 unspecified atom stereocenters. The van der Waals surface area contributed by atoms with E-state index in [1.807, 2.05) is 17.0 Å². The maximum absolute atomic E-state index is 12.5. The number of carbonyl (C=O) groups excluding carboxylic acids is 1. The van der Waals surface area contributed by atoms with Gasteiger partial charge in [0.05, 0.1) is 5.56 Å². The number of piperidine rings is 1. The van der Waals surface area contributed by atoms with Crippen molar-refractivity contribution in [2.75, 3.05) is 13.1 Å². The van der Waals surface area contributed by atoms with Crippen molar-refractivity contribution >= 4 is 5.91 Å². The van der Waals surface area contributed by atoms with E-state index >= 15 is 0 Å². The van der Waals surface area contributed by atoms with Gasteiger partial charge in [-0.2, -0.15) is 0 Å². The van der Waals surface area contributed by atoms with Gasteiger partial charge in [-0.05, 0) is 24.5 Å². The van der Waals surface area contributed by atoms with Gasteiger partial charge in [-0.15, -0.1) is 0 Å². The predicted molar refractivity (Wildman–Crippen MR) is 79.7 cm³/mol. The molecule has 3 nitrogen and oxygen atoms in total. The largest absolute Gasteiger partial charge is 0.367 e. The molecule has 3 heteroatoms. The lowest BCUT2D eigenvalue weighted by molar-refractivity contribution is 0.0651. The topological polar surface area (TPSA) is 36.1 Å². The van der Waals surface area contributed by atoms with E-state index in [2.05, 4.69) is 36.2 Å². The molecule has 0 aliphatic carbocycles. The molecular formula is C17H20N2O. The van der Waals surface area contributed by atoms with Crippen molar-refractivity contribution in [2.45, 2.75) is 25.2 Å². The van der Waals surface area contributed by atoms with Crippen molar-refractivity contribution in [2.24, 2.45) is 0 Å². The molecule has 1 fully saturated rings. The molecule has 20 heavy (non-hydrogen) atoms. The van der Waals surface area contributed by atoms with Crippen LogP contribution >= 0.6 is 0 Å². The number of nitrogens with zero attached hydrogens (tertiary/aromatic N) is 1. The number of amides is 1. The zero-order valence-electron chi connectivity index (χ0n) is 11.8. The fraction of sp³-hybridized carbons (Fsp3) is 0.353. The average molecular weight is 268 g/mol. The first-order chi connectivity index (χ1) is 9.69. The summed E-state index contributed by atoms with van der Waals surface area (Å²) in [6, 6.07) is 12.4. The number of H-pyrrole nitrogens is 1. The lowest BCUT2D eigenvalue weighted by atomic mass is 9.76. The average Bonchev–Trinajstić information content (AvgIpc) is 3.02. The molecule has 3 rings (SSSR count). The van der Waals surface area contributed by atoms with E-state index in [0.717, 1.165) is 31.5 Å². The Morgan fingerprint density at radius 2 is 2.05 bits per heavy atom. The quantitative estimate of drug-likeness (QED) is 0.892. The van der Waals surface area contributed by atoms with E-state index in [0.29, 0.717) is 0 Å². The fourth-order valence-electron chi connectivity index (χ4n) is 3.13. The highest BCUT2D eigenvalue weighted by molar-refractivity contribution is 5.94. The Kier molecular flexibility index (Phi) is 3.35. The van der Waals surface area contributed by atoms with Crippen LogP contribution in [0, 0.1) is 0 Å². The first-order valence-electron chi connectivity index (χ1n) is 7.17.